The summed E-state index contributed by atoms with van der Waals surface area (Å²) in [5.74, 6) is 0.261. The molecule has 0 spiro atoms. The number of fused-ring (bicyclic) bond motifs is 2. The van der Waals surface area contributed by atoms with Crippen LogP contribution in [0.3, 0.4) is 0 Å². The lowest BCUT2D eigenvalue weighted by atomic mass is 10.1. The fraction of sp³-hybridized carbons (Fsp3) is 0.0645. The number of rotatable bonds is 7. The molecular formula is C31H23FN8. The molecule has 7 aromatic rings. The Balaban J connectivity index is 1.20. The molecule has 5 heterocycles. The van der Waals surface area contributed by atoms with Crippen LogP contribution in [0.15, 0.2) is 97.6 Å². The molecule has 40 heavy (non-hydrogen) atoms. The number of benzene rings is 2. The van der Waals surface area contributed by atoms with Gasteiger partial charge in [-0.25, -0.2) is 9.37 Å². The molecule has 0 amide bonds. The van der Waals surface area contributed by atoms with Crippen LogP contribution in [0.25, 0.3) is 56.0 Å². The molecule has 8 nitrogen and oxygen atoms in total. The normalized spacial score (nSPS) is 11.4. The molecule has 0 bridgehead atoms. The predicted molar refractivity (Wildman–Crippen MR) is 152 cm³/mol. The van der Waals surface area contributed by atoms with E-state index in [9.17, 15) is 4.39 Å². The van der Waals surface area contributed by atoms with E-state index in [-0.39, 0.29) is 5.82 Å². The van der Waals surface area contributed by atoms with Crippen LogP contribution in [-0.4, -0.2) is 35.1 Å². The van der Waals surface area contributed by atoms with Crippen LogP contribution in [0.2, 0.25) is 0 Å². The van der Waals surface area contributed by atoms with Crippen molar-refractivity contribution in [3.63, 3.8) is 0 Å². The van der Waals surface area contributed by atoms with Crippen molar-refractivity contribution in [2.75, 3.05) is 0 Å². The summed E-state index contributed by atoms with van der Waals surface area (Å²) in [4.78, 5) is 21.8. The Morgan fingerprint density at radius 2 is 1.65 bits per heavy atom. The highest BCUT2D eigenvalue weighted by atomic mass is 19.1. The van der Waals surface area contributed by atoms with E-state index in [4.69, 9.17) is 4.98 Å². The second-order valence-electron chi connectivity index (χ2n) is 9.51. The van der Waals surface area contributed by atoms with E-state index in [2.05, 4.69) is 53.6 Å². The zero-order valence-corrected chi connectivity index (χ0v) is 21.3. The van der Waals surface area contributed by atoms with Crippen molar-refractivity contribution < 1.29 is 4.39 Å². The third kappa shape index (κ3) is 4.59. The quantitative estimate of drug-likeness (QED) is 0.233. The van der Waals surface area contributed by atoms with Gasteiger partial charge >= 0.3 is 0 Å². The van der Waals surface area contributed by atoms with E-state index in [1.54, 1.807) is 18.5 Å². The van der Waals surface area contributed by atoms with Crippen molar-refractivity contribution in [3.05, 3.63) is 115 Å². The van der Waals surface area contributed by atoms with E-state index in [0.717, 1.165) is 39.8 Å². The molecule has 0 atom stereocenters. The largest absolute Gasteiger partial charge is 0.336 e. The lowest BCUT2D eigenvalue weighted by Crippen LogP contribution is -2.12. The van der Waals surface area contributed by atoms with Crippen molar-refractivity contribution in [1.29, 1.82) is 0 Å². The van der Waals surface area contributed by atoms with Gasteiger partial charge in [-0.2, -0.15) is 5.10 Å². The zero-order chi connectivity index (χ0) is 26.9. The maximum Gasteiger partial charge on any atom is 0.159 e. The lowest BCUT2D eigenvalue weighted by Gasteiger charge is -2.07. The first-order chi connectivity index (χ1) is 19.7. The zero-order valence-electron chi connectivity index (χ0n) is 21.3. The van der Waals surface area contributed by atoms with Crippen LogP contribution in [-0.2, 0) is 13.1 Å². The van der Waals surface area contributed by atoms with Crippen molar-refractivity contribution in [1.82, 2.24) is 40.4 Å². The number of pyridine rings is 3. The monoisotopic (exact) mass is 526 g/mol. The summed E-state index contributed by atoms with van der Waals surface area (Å²) in [5, 5.41) is 11.9. The maximum atomic E-state index is 13.9. The molecule has 0 unspecified atom stereocenters. The molecule has 5 aromatic heterocycles. The Bertz CT molecular complexity index is 1960. The third-order valence-corrected chi connectivity index (χ3v) is 6.76. The second-order valence-corrected chi connectivity index (χ2v) is 9.51. The topological polar surface area (TPSA) is 108 Å². The maximum absolute atomic E-state index is 13.9. The number of H-pyrrole nitrogens is 2. The number of aromatic nitrogens is 7. The number of nitrogens with zero attached hydrogens (tertiary/aromatic N) is 5. The molecule has 0 aliphatic heterocycles. The van der Waals surface area contributed by atoms with Gasteiger partial charge < -0.3 is 10.3 Å². The van der Waals surface area contributed by atoms with Gasteiger partial charge in [0, 0.05) is 48.2 Å². The minimum Gasteiger partial charge on any atom is -0.336 e. The van der Waals surface area contributed by atoms with Crippen molar-refractivity contribution in [2.45, 2.75) is 13.1 Å². The van der Waals surface area contributed by atoms with Crippen LogP contribution in [0.5, 0.6) is 0 Å². The molecular weight excluding hydrogens is 503 g/mol. The Kier molecular flexibility index (Phi) is 6.02. The molecule has 0 aliphatic carbocycles. The minimum absolute atomic E-state index is 0.323. The molecule has 0 radical (unpaired) electrons. The van der Waals surface area contributed by atoms with E-state index in [1.165, 1.54) is 17.7 Å². The van der Waals surface area contributed by atoms with Crippen LogP contribution in [0.1, 0.15) is 11.1 Å². The summed E-state index contributed by atoms with van der Waals surface area (Å²) in [5.41, 5.74) is 8.14. The van der Waals surface area contributed by atoms with E-state index < -0.39 is 0 Å². The first-order valence-electron chi connectivity index (χ1n) is 12.9. The molecule has 2 aromatic carbocycles. The number of hydrogen-bond acceptors (Lipinski definition) is 6. The van der Waals surface area contributed by atoms with E-state index in [0.29, 0.717) is 34.8 Å². The van der Waals surface area contributed by atoms with Crippen LogP contribution >= 0.6 is 0 Å². The van der Waals surface area contributed by atoms with Crippen LogP contribution in [0.4, 0.5) is 4.39 Å². The lowest BCUT2D eigenvalue weighted by molar-refractivity contribution is 0.628. The molecule has 0 saturated heterocycles. The average molecular weight is 527 g/mol. The van der Waals surface area contributed by atoms with Gasteiger partial charge in [0.25, 0.3) is 0 Å². The Morgan fingerprint density at radius 3 is 2.55 bits per heavy atom. The minimum atomic E-state index is -0.323. The number of nitrogens with one attached hydrogen (secondary N) is 3. The summed E-state index contributed by atoms with van der Waals surface area (Å²) < 4.78 is 13.9. The highest BCUT2D eigenvalue weighted by Crippen LogP contribution is 2.31. The van der Waals surface area contributed by atoms with Crippen molar-refractivity contribution >= 4 is 21.9 Å². The number of imidazole rings is 1. The standard InChI is InChI=1S/C31H23FN8/c32-23-8-4-7-21(12-23)28-30-25(9-10-35-28)37-31(38-30)29-24-13-26(36-18-27(24)39-40-29)22-11-20(16-34-17-22)15-33-14-19-5-2-1-3-6-19/h1-13,16-18,33H,14-15H2,(H,37,38)(H,39,40). The Morgan fingerprint density at radius 1 is 0.750 bits per heavy atom. The summed E-state index contributed by atoms with van der Waals surface area (Å²) in [6.07, 6.45) is 7.13. The molecule has 0 aliphatic rings. The van der Waals surface area contributed by atoms with E-state index >= 15 is 0 Å². The van der Waals surface area contributed by atoms with E-state index in [1.807, 2.05) is 48.8 Å². The third-order valence-electron chi connectivity index (χ3n) is 6.76. The fourth-order valence-corrected chi connectivity index (χ4v) is 4.82. The van der Waals surface area contributed by atoms with Gasteiger partial charge in [-0.05, 0) is 41.5 Å². The van der Waals surface area contributed by atoms with Crippen molar-refractivity contribution in [3.8, 4) is 34.0 Å². The second kappa shape index (κ2) is 10.1. The van der Waals surface area contributed by atoms with Crippen molar-refractivity contribution in [2.24, 2.45) is 0 Å². The molecule has 0 fully saturated rings. The summed E-state index contributed by atoms with van der Waals surface area (Å²) >= 11 is 0. The smallest absolute Gasteiger partial charge is 0.159 e. The van der Waals surface area contributed by atoms with Gasteiger partial charge in [0.05, 0.1) is 28.6 Å². The Labute approximate surface area is 228 Å². The fourth-order valence-electron chi connectivity index (χ4n) is 4.82. The van der Waals surface area contributed by atoms with Gasteiger partial charge in [-0.1, -0.05) is 42.5 Å². The van der Waals surface area contributed by atoms with Crippen LogP contribution < -0.4 is 5.32 Å². The first-order valence-corrected chi connectivity index (χ1v) is 12.9. The first kappa shape index (κ1) is 23.8. The average Bonchev–Trinajstić information content (AvgIpc) is 3.62. The summed E-state index contributed by atoms with van der Waals surface area (Å²) in [7, 11) is 0. The van der Waals surface area contributed by atoms with Gasteiger partial charge in [0.2, 0.25) is 0 Å². The highest BCUT2D eigenvalue weighted by Gasteiger charge is 2.17. The molecule has 7 rings (SSSR count). The SMILES string of the molecule is Fc1cccc(-c2nccc3[nH]c(-c4n[nH]c5cnc(-c6cncc(CNCc7ccccc7)c6)cc45)nc23)c1. The molecule has 194 valence electrons. The summed E-state index contributed by atoms with van der Waals surface area (Å²) in [6.45, 7) is 1.47. The molecule has 9 heteroatoms. The van der Waals surface area contributed by atoms with Gasteiger partial charge in [0.1, 0.15) is 17.0 Å². The Hall–Kier alpha value is -5.28. The highest BCUT2D eigenvalue weighted by molar-refractivity contribution is 5.96. The van der Waals surface area contributed by atoms with Crippen LogP contribution in [0, 0.1) is 5.82 Å². The predicted octanol–water partition coefficient (Wildman–Crippen LogP) is 6.05. The van der Waals surface area contributed by atoms with Gasteiger partial charge in [-0.3, -0.25) is 20.1 Å². The number of halogens is 1. The van der Waals surface area contributed by atoms with Gasteiger partial charge in [0.15, 0.2) is 5.82 Å². The molecule has 3 N–H and O–H groups in total. The summed E-state index contributed by atoms with van der Waals surface area (Å²) in [6, 6.07) is 22.6. The number of aromatic amines is 2. The number of hydrogen-bond donors (Lipinski definition) is 3. The van der Waals surface area contributed by atoms with Gasteiger partial charge in [-0.15, -0.1) is 0 Å². The molecule has 0 saturated carbocycles.